The maximum Gasteiger partial charge on any atom is 0.230 e. The van der Waals surface area contributed by atoms with Crippen molar-refractivity contribution in [2.75, 3.05) is 5.75 Å². The quantitative estimate of drug-likeness (QED) is 0.726. The molecule has 0 aliphatic heterocycles. The number of carbonyl (C=O) groups is 1. The van der Waals surface area contributed by atoms with Crippen molar-refractivity contribution in [3.8, 4) is 0 Å². The number of thioether (sulfide) groups is 1. The normalized spacial score (nSPS) is 11.0. The van der Waals surface area contributed by atoms with Gasteiger partial charge in [0, 0.05) is 0 Å². The number of hydrogen-bond acceptors (Lipinski definition) is 6. The predicted octanol–water partition coefficient (Wildman–Crippen LogP) is 3.31. The van der Waals surface area contributed by atoms with Gasteiger partial charge in [-0.3, -0.25) is 4.79 Å². The highest BCUT2D eigenvalue weighted by atomic mass is 32.2. The molecule has 2 aromatic heterocycles. The lowest BCUT2D eigenvalue weighted by atomic mass is 10.3. The van der Waals surface area contributed by atoms with Gasteiger partial charge >= 0.3 is 0 Å². The van der Waals surface area contributed by atoms with Crippen LogP contribution >= 0.6 is 23.1 Å². The molecular weight excluding hydrogens is 318 g/mol. The van der Waals surface area contributed by atoms with Crippen molar-refractivity contribution in [3.05, 3.63) is 41.6 Å². The Balaban J connectivity index is 1.51. The molecule has 1 amide bonds. The molecule has 5 nitrogen and oxygen atoms in total. The summed E-state index contributed by atoms with van der Waals surface area (Å²) in [4.78, 5) is 20.6. The Morgan fingerprint density at radius 3 is 2.86 bits per heavy atom. The smallest absolute Gasteiger partial charge is 0.230 e. The summed E-state index contributed by atoms with van der Waals surface area (Å²) in [6, 6.07) is 7.96. The average molecular weight is 333 g/mol. The monoisotopic (exact) mass is 333 g/mol. The molecule has 114 valence electrons. The number of hydrogen-bond donors (Lipinski definition) is 1. The van der Waals surface area contributed by atoms with E-state index in [1.165, 1.54) is 11.8 Å². The molecule has 0 unspecified atom stereocenters. The summed E-state index contributed by atoms with van der Waals surface area (Å²) in [5.41, 5.74) is 1.83. The molecule has 1 N–H and O–H groups in total. The van der Waals surface area contributed by atoms with Gasteiger partial charge in [0.1, 0.15) is 5.76 Å². The molecule has 3 aromatic rings. The fraction of sp³-hybridized carbons (Fsp3) is 0.267. The van der Waals surface area contributed by atoms with Gasteiger partial charge in [-0.1, -0.05) is 23.9 Å². The first-order valence-corrected chi connectivity index (χ1v) is 8.60. The fourth-order valence-electron chi connectivity index (χ4n) is 1.88. The number of aryl methyl sites for hydroxylation is 2. The molecule has 0 bridgehead atoms. The van der Waals surface area contributed by atoms with Crippen LogP contribution in [0.3, 0.4) is 0 Å². The van der Waals surface area contributed by atoms with Gasteiger partial charge < -0.3 is 9.73 Å². The van der Waals surface area contributed by atoms with Gasteiger partial charge in [-0.15, -0.1) is 11.3 Å². The molecule has 22 heavy (non-hydrogen) atoms. The van der Waals surface area contributed by atoms with Gasteiger partial charge in [0.05, 0.1) is 28.2 Å². The Hall–Kier alpha value is -1.86. The molecule has 1 aromatic carbocycles. The van der Waals surface area contributed by atoms with Crippen molar-refractivity contribution in [3.63, 3.8) is 0 Å². The van der Waals surface area contributed by atoms with Crippen LogP contribution in [-0.4, -0.2) is 21.6 Å². The summed E-state index contributed by atoms with van der Waals surface area (Å²) >= 11 is 3.04. The van der Waals surface area contributed by atoms with Crippen molar-refractivity contribution in [1.82, 2.24) is 15.3 Å². The van der Waals surface area contributed by atoms with Crippen molar-refractivity contribution < 1.29 is 9.21 Å². The second kappa shape index (κ2) is 6.50. The predicted molar refractivity (Wildman–Crippen MR) is 88.2 cm³/mol. The molecule has 2 heterocycles. The third-order valence-electron chi connectivity index (χ3n) is 3.11. The van der Waals surface area contributed by atoms with E-state index in [1.54, 1.807) is 11.3 Å². The minimum Gasteiger partial charge on any atom is -0.444 e. The lowest BCUT2D eigenvalue weighted by Gasteiger charge is -2.00. The lowest BCUT2D eigenvalue weighted by Crippen LogP contribution is -2.24. The second-order valence-electron chi connectivity index (χ2n) is 4.76. The number of oxazole rings is 1. The molecule has 0 saturated carbocycles. The molecule has 0 saturated heterocycles. The van der Waals surface area contributed by atoms with Crippen molar-refractivity contribution in [1.29, 1.82) is 0 Å². The first-order valence-electron chi connectivity index (χ1n) is 6.80. The van der Waals surface area contributed by atoms with E-state index in [1.807, 2.05) is 38.1 Å². The van der Waals surface area contributed by atoms with Crippen LogP contribution in [0.2, 0.25) is 0 Å². The fourth-order valence-corrected chi connectivity index (χ4v) is 3.78. The molecule has 0 radical (unpaired) electrons. The number of carbonyl (C=O) groups excluding carboxylic acids is 1. The van der Waals surface area contributed by atoms with Crippen molar-refractivity contribution in [2.45, 2.75) is 24.7 Å². The van der Waals surface area contributed by atoms with Crippen molar-refractivity contribution >= 4 is 39.2 Å². The third-order valence-corrected chi connectivity index (χ3v) is 5.29. The van der Waals surface area contributed by atoms with E-state index in [0.29, 0.717) is 18.2 Å². The Morgan fingerprint density at radius 1 is 1.32 bits per heavy atom. The molecular formula is C15H15N3O2S2. The third kappa shape index (κ3) is 3.48. The van der Waals surface area contributed by atoms with Gasteiger partial charge in [0.2, 0.25) is 11.8 Å². The number of nitrogens with one attached hydrogen (secondary N) is 1. The number of benzene rings is 1. The van der Waals surface area contributed by atoms with Crippen LogP contribution in [0, 0.1) is 13.8 Å². The zero-order valence-electron chi connectivity index (χ0n) is 12.3. The number of aromatic nitrogens is 2. The zero-order valence-corrected chi connectivity index (χ0v) is 13.9. The zero-order chi connectivity index (χ0) is 15.5. The lowest BCUT2D eigenvalue weighted by molar-refractivity contribution is -0.118. The van der Waals surface area contributed by atoms with Gasteiger partial charge in [-0.25, -0.2) is 9.97 Å². The largest absolute Gasteiger partial charge is 0.444 e. The highest BCUT2D eigenvalue weighted by Gasteiger charge is 2.10. The molecule has 0 atom stereocenters. The molecule has 0 aliphatic rings. The number of fused-ring (bicyclic) bond motifs is 1. The molecule has 3 rings (SSSR count). The maximum absolute atomic E-state index is 11.9. The summed E-state index contributed by atoms with van der Waals surface area (Å²) in [5, 5.41) is 2.80. The van der Waals surface area contributed by atoms with Crippen LogP contribution in [0.4, 0.5) is 0 Å². The highest BCUT2D eigenvalue weighted by Crippen LogP contribution is 2.28. The Morgan fingerprint density at radius 2 is 2.14 bits per heavy atom. The number of amides is 1. The van der Waals surface area contributed by atoms with Gasteiger partial charge in [-0.2, -0.15) is 0 Å². The molecule has 0 fully saturated rings. The van der Waals surface area contributed by atoms with Crippen molar-refractivity contribution in [2.24, 2.45) is 0 Å². The van der Waals surface area contributed by atoms with E-state index < -0.39 is 0 Å². The van der Waals surface area contributed by atoms with Gasteiger partial charge in [-0.05, 0) is 26.0 Å². The standard InChI is InChI=1S/C15H15N3O2S2/c1-9-10(2)20-14(17-9)7-16-13(19)8-21-15-18-11-5-3-4-6-12(11)22-15/h3-6H,7-8H2,1-2H3,(H,16,19). The van der Waals surface area contributed by atoms with Crippen LogP contribution in [-0.2, 0) is 11.3 Å². The SMILES string of the molecule is Cc1nc(CNC(=O)CSc2nc3ccccc3s2)oc1C. The second-order valence-corrected chi connectivity index (χ2v) is 7.02. The Bertz CT molecular complexity index is 758. The number of nitrogens with zero attached hydrogens (tertiary/aromatic N) is 2. The van der Waals surface area contributed by atoms with Gasteiger partial charge in [0.25, 0.3) is 0 Å². The van der Waals surface area contributed by atoms with E-state index in [4.69, 9.17) is 4.42 Å². The summed E-state index contributed by atoms with van der Waals surface area (Å²) in [6.07, 6.45) is 0. The summed E-state index contributed by atoms with van der Waals surface area (Å²) in [7, 11) is 0. The van der Waals surface area contributed by atoms with Crippen LogP contribution in [0.25, 0.3) is 10.2 Å². The highest BCUT2D eigenvalue weighted by molar-refractivity contribution is 8.01. The summed E-state index contributed by atoms with van der Waals surface area (Å²) < 4.78 is 7.46. The average Bonchev–Trinajstić information content (AvgIpc) is 3.06. The van der Waals surface area contributed by atoms with Gasteiger partial charge in [0.15, 0.2) is 4.34 Å². The molecule has 0 spiro atoms. The summed E-state index contributed by atoms with van der Waals surface area (Å²) in [6.45, 7) is 4.05. The molecule has 7 heteroatoms. The Kier molecular flexibility index (Phi) is 4.44. The number of rotatable bonds is 5. The minimum atomic E-state index is -0.0576. The topological polar surface area (TPSA) is 68.0 Å². The first kappa shape index (κ1) is 15.1. The Labute approximate surface area is 136 Å². The summed E-state index contributed by atoms with van der Waals surface area (Å²) in [5.74, 6) is 1.59. The van der Waals surface area contributed by atoms with Crippen LogP contribution in [0.1, 0.15) is 17.3 Å². The van der Waals surface area contributed by atoms with Crippen LogP contribution in [0.15, 0.2) is 33.0 Å². The minimum absolute atomic E-state index is 0.0576. The van der Waals surface area contributed by atoms with E-state index >= 15 is 0 Å². The number of para-hydroxylation sites is 1. The number of thiazole rings is 1. The van der Waals surface area contributed by atoms with E-state index in [2.05, 4.69) is 15.3 Å². The van der Waals surface area contributed by atoms with E-state index in [-0.39, 0.29) is 5.91 Å². The van der Waals surface area contributed by atoms with E-state index in [0.717, 1.165) is 26.0 Å². The molecule has 0 aliphatic carbocycles. The van der Waals surface area contributed by atoms with E-state index in [9.17, 15) is 4.79 Å². The van der Waals surface area contributed by atoms with Crippen LogP contribution in [0.5, 0.6) is 0 Å². The first-order chi connectivity index (χ1) is 10.6. The maximum atomic E-state index is 11.9. The van der Waals surface area contributed by atoms with Crippen LogP contribution < -0.4 is 5.32 Å².